The van der Waals surface area contributed by atoms with Crippen molar-refractivity contribution in [2.24, 2.45) is 4.99 Å². The molecule has 2 aliphatic rings. The Kier molecular flexibility index (Phi) is 3.85. The van der Waals surface area contributed by atoms with E-state index in [4.69, 9.17) is 0 Å². The number of thioether (sulfide) groups is 1. The maximum absolute atomic E-state index is 12.7. The standard InChI is InChI=1S/C23H13N3OS/c24-13-18-17-12-11-16(14-7-3-1-4-8-14)19(18)20(17)21-22(27)26-23(28-21)25-15-9-5-2-6-10-15/h1-12H,(H,25,26,27)/b21-20-. The van der Waals surface area contributed by atoms with Crippen molar-refractivity contribution in [1.29, 1.82) is 5.26 Å². The van der Waals surface area contributed by atoms with Crippen LogP contribution in [0.5, 0.6) is 0 Å². The van der Waals surface area contributed by atoms with Gasteiger partial charge in [-0.25, -0.2) is 4.99 Å². The van der Waals surface area contributed by atoms with Gasteiger partial charge in [-0.15, -0.1) is 0 Å². The predicted molar refractivity (Wildman–Crippen MR) is 112 cm³/mol. The molecule has 1 heterocycles. The maximum atomic E-state index is 12.7. The summed E-state index contributed by atoms with van der Waals surface area (Å²) in [6.07, 6.45) is 0. The molecule has 1 aliphatic heterocycles. The van der Waals surface area contributed by atoms with E-state index in [9.17, 15) is 10.1 Å². The van der Waals surface area contributed by atoms with Crippen LogP contribution in [-0.4, -0.2) is 11.1 Å². The lowest BCUT2D eigenvalue weighted by atomic mass is 9.75. The van der Waals surface area contributed by atoms with Gasteiger partial charge in [-0.2, -0.15) is 5.26 Å². The fourth-order valence-corrected chi connectivity index (χ4v) is 4.46. The molecular formula is C23H13N3OS. The Labute approximate surface area is 166 Å². The number of amidine groups is 1. The van der Waals surface area contributed by atoms with Crippen molar-refractivity contribution in [3.63, 3.8) is 0 Å². The molecule has 2 bridgehead atoms. The number of para-hydroxylation sites is 1. The number of hydrogen-bond donors (Lipinski definition) is 1. The molecule has 3 aromatic rings. The van der Waals surface area contributed by atoms with E-state index in [1.807, 2.05) is 72.8 Å². The summed E-state index contributed by atoms with van der Waals surface area (Å²) in [5, 5.41) is 13.0. The lowest BCUT2D eigenvalue weighted by Crippen LogP contribution is -2.21. The largest absolute Gasteiger partial charge is 0.300 e. The average Bonchev–Trinajstić information content (AvgIpc) is 3.09. The van der Waals surface area contributed by atoms with Crippen LogP contribution in [0, 0.1) is 11.3 Å². The molecule has 0 unspecified atom stereocenters. The topological polar surface area (TPSA) is 65.2 Å². The van der Waals surface area contributed by atoms with Crippen molar-refractivity contribution in [3.8, 4) is 17.2 Å². The first-order chi connectivity index (χ1) is 13.8. The van der Waals surface area contributed by atoms with E-state index in [2.05, 4.69) is 16.4 Å². The summed E-state index contributed by atoms with van der Waals surface area (Å²) in [6, 6.07) is 25.7. The summed E-state index contributed by atoms with van der Waals surface area (Å²) in [6.45, 7) is 0. The molecule has 1 aliphatic carbocycles. The van der Waals surface area contributed by atoms with Crippen molar-refractivity contribution in [2.75, 3.05) is 0 Å². The third kappa shape index (κ3) is 2.55. The molecule has 132 valence electrons. The number of aliphatic imine (C=N–C) groups is 1. The molecule has 0 aromatic heterocycles. The Bertz CT molecular complexity index is 1220. The molecule has 0 atom stereocenters. The second kappa shape index (κ2) is 6.52. The third-order valence-corrected chi connectivity index (χ3v) is 5.74. The van der Waals surface area contributed by atoms with E-state index in [1.165, 1.54) is 11.8 Å². The zero-order valence-electron chi connectivity index (χ0n) is 14.6. The summed E-state index contributed by atoms with van der Waals surface area (Å²) in [4.78, 5) is 17.8. The smallest absolute Gasteiger partial charge is 0.264 e. The Morgan fingerprint density at radius 3 is 2.29 bits per heavy atom. The first-order valence-corrected chi connectivity index (χ1v) is 9.58. The Balaban J connectivity index is 1.60. The normalized spacial score (nSPS) is 18.5. The summed E-state index contributed by atoms with van der Waals surface area (Å²) in [5.41, 5.74) is 5.95. The van der Waals surface area contributed by atoms with Crippen LogP contribution in [0.1, 0.15) is 16.7 Å². The minimum atomic E-state index is -0.176. The Hall–Kier alpha value is -3.62. The van der Waals surface area contributed by atoms with Crippen molar-refractivity contribution >= 4 is 34.1 Å². The van der Waals surface area contributed by atoms with Gasteiger partial charge in [0.1, 0.15) is 6.07 Å². The zero-order valence-corrected chi connectivity index (χ0v) is 15.5. The molecule has 1 fully saturated rings. The molecule has 1 N–H and O–H groups in total. The highest BCUT2D eigenvalue weighted by Crippen LogP contribution is 2.50. The van der Waals surface area contributed by atoms with Crippen LogP contribution in [0.25, 0.3) is 16.7 Å². The van der Waals surface area contributed by atoms with E-state index in [1.54, 1.807) is 0 Å². The first-order valence-electron chi connectivity index (χ1n) is 8.77. The molecule has 28 heavy (non-hydrogen) atoms. The second-order valence-electron chi connectivity index (χ2n) is 6.40. The van der Waals surface area contributed by atoms with Crippen LogP contribution < -0.4 is 5.32 Å². The van der Waals surface area contributed by atoms with Gasteiger partial charge in [-0.05, 0) is 35.0 Å². The highest BCUT2D eigenvalue weighted by atomic mass is 32.2. The molecule has 0 spiro atoms. The van der Waals surface area contributed by atoms with Crippen molar-refractivity contribution in [1.82, 2.24) is 5.32 Å². The summed E-state index contributed by atoms with van der Waals surface area (Å²) >= 11 is 1.32. The third-order valence-electron chi connectivity index (χ3n) is 4.76. The molecule has 3 aromatic carbocycles. The van der Waals surface area contributed by atoms with Crippen molar-refractivity contribution in [2.45, 2.75) is 0 Å². The number of nitriles is 1. The van der Waals surface area contributed by atoms with Gasteiger partial charge >= 0.3 is 0 Å². The van der Waals surface area contributed by atoms with Gasteiger partial charge in [0.05, 0.1) is 16.2 Å². The molecule has 1 amide bonds. The zero-order chi connectivity index (χ0) is 19.1. The monoisotopic (exact) mass is 379 g/mol. The molecular weight excluding hydrogens is 366 g/mol. The quantitative estimate of drug-likeness (QED) is 0.506. The van der Waals surface area contributed by atoms with E-state index in [0.717, 1.165) is 33.5 Å². The predicted octanol–water partition coefficient (Wildman–Crippen LogP) is 4.85. The number of nitrogens with zero attached hydrogens (tertiary/aromatic N) is 2. The molecule has 5 rings (SSSR count). The SMILES string of the molecule is N#Cc1c2ccc(-c3ccccc3)c1/C2=C1\SC(=Nc2ccccc2)NC1=O. The Morgan fingerprint density at radius 1 is 0.893 bits per heavy atom. The van der Waals surface area contributed by atoms with E-state index >= 15 is 0 Å². The minimum absolute atomic E-state index is 0.176. The number of hydrogen-bond acceptors (Lipinski definition) is 4. The van der Waals surface area contributed by atoms with Gasteiger partial charge in [0.25, 0.3) is 5.91 Å². The summed E-state index contributed by atoms with van der Waals surface area (Å²) < 4.78 is 0. The molecule has 0 radical (unpaired) electrons. The van der Waals surface area contributed by atoms with E-state index in [-0.39, 0.29) is 5.91 Å². The van der Waals surface area contributed by atoms with Crippen LogP contribution in [0.3, 0.4) is 0 Å². The fraction of sp³-hybridized carbons (Fsp3) is 0. The van der Waals surface area contributed by atoms with Crippen LogP contribution in [-0.2, 0) is 4.79 Å². The Morgan fingerprint density at radius 2 is 1.57 bits per heavy atom. The maximum Gasteiger partial charge on any atom is 0.264 e. The second-order valence-corrected chi connectivity index (χ2v) is 7.40. The van der Waals surface area contributed by atoms with E-state index < -0.39 is 0 Å². The number of fused-ring (bicyclic) bond motifs is 2. The number of amides is 1. The number of rotatable bonds is 2. The first kappa shape index (κ1) is 16.5. The number of nitrogens with one attached hydrogen (secondary N) is 1. The molecule has 1 saturated heterocycles. The highest BCUT2D eigenvalue weighted by molar-refractivity contribution is 8.18. The van der Waals surface area contributed by atoms with Gasteiger partial charge in [0.2, 0.25) is 0 Å². The summed E-state index contributed by atoms with van der Waals surface area (Å²) in [7, 11) is 0. The summed E-state index contributed by atoms with van der Waals surface area (Å²) in [5.74, 6) is -0.176. The van der Waals surface area contributed by atoms with E-state index in [0.29, 0.717) is 15.6 Å². The number of benzene rings is 3. The number of carbonyl (C=O) groups excluding carboxylic acids is 1. The van der Waals surface area contributed by atoms with Gasteiger partial charge in [0, 0.05) is 16.7 Å². The highest BCUT2D eigenvalue weighted by Gasteiger charge is 2.37. The van der Waals surface area contributed by atoms with Gasteiger partial charge < -0.3 is 5.32 Å². The van der Waals surface area contributed by atoms with Crippen LogP contribution in [0.15, 0.2) is 82.7 Å². The average molecular weight is 379 g/mol. The van der Waals surface area contributed by atoms with Crippen LogP contribution in [0.2, 0.25) is 0 Å². The molecule has 4 nitrogen and oxygen atoms in total. The van der Waals surface area contributed by atoms with Gasteiger partial charge in [0.15, 0.2) is 5.17 Å². The van der Waals surface area contributed by atoms with Crippen LogP contribution >= 0.6 is 11.8 Å². The minimum Gasteiger partial charge on any atom is -0.300 e. The van der Waals surface area contributed by atoms with Gasteiger partial charge in [-0.1, -0.05) is 60.7 Å². The molecule has 5 heteroatoms. The lowest BCUT2D eigenvalue weighted by molar-refractivity contribution is -0.115. The van der Waals surface area contributed by atoms with Crippen LogP contribution in [0.4, 0.5) is 5.69 Å². The van der Waals surface area contributed by atoms with Crippen molar-refractivity contribution < 1.29 is 4.79 Å². The lowest BCUT2D eigenvalue weighted by Gasteiger charge is -2.27. The number of carbonyl (C=O) groups is 1. The fourth-order valence-electron chi connectivity index (χ4n) is 3.51. The van der Waals surface area contributed by atoms with Gasteiger partial charge in [-0.3, -0.25) is 4.79 Å². The van der Waals surface area contributed by atoms with Crippen molar-refractivity contribution in [3.05, 3.63) is 94.4 Å². The molecule has 0 saturated carbocycles.